The molecule has 0 radical (unpaired) electrons. The molecule has 0 saturated heterocycles. The van der Waals surface area contributed by atoms with Crippen LogP contribution in [-0.2, 0) is 0 Å². The Hall–Kier alpha value is -2.23. The fraction of sp³-hybridized carbons (Fsp3) is 0.364. The summed E-state index contributed by atoms with van der Waals surface area (Å²) in [5.74, 6) is -0.0368. The van der Waals surface area contributed by atoms with Gasteiger partial charge in [0.2, 0.25) is 0 Å². The Morgan fingerprint density at radius 1 is 1.04 bits per heavy atom. The van der Waals surface area contributed by atoms with Crippen molar-refractivity contribution >= 4 is 0 Å². The van der Waals surface area contributed by atoms with Crippen molar-refractivity contribution in [3.05, 3.63) is 65.5 Å². The highest BCUT2D eigenvalue weighted by atomic mass is 19.3. The maximum absolute atomic E-state index is 14.7. The number of rotatable bonds is 5. The van der Waals surface area contributed by atoms with E-state index in [-0.39, 0.29) is 17.9 Å². The highest BCUT2D eigenvalue weighted by molar-refractivity contribution is 5.67. The van der Waals surface area contributed by atoms with E-state index in [1.54, 1.807) is 19.1 Å². The van der Waals surface area contributed by atoms with Crippen LogP contribution in [0.15, 0.2) is 48.6 Å². The van der Waals surface area contributed by atoms with Crippen LogP contribution in [0.4, 0.5) is 13.2 Å². The van der Waals surface area contributed by atoms with Crippen molar-refractivity contribution < 1.29 is 17.9 Å². The van der Waals surface area contributed by atoms with Crippen molar-refractivity contribution in [2.45, 2.75) is 39.0 Å². The third-order valence-electron chi connectivity index (χ3n) is 4.91. The lowest BCUT2D eigenvalue weighted by Gasteiger charge is -2.21. The minimum Gasteiger partial charge on any atom is -0.493 e. The van der Waals surface area contributed by atoms with Gasteiger partial charge < -0.3 is 4.74 Å². The van der Waals surface area contributed by atoms with E-state index in [9.17, 15) is 13.2 Å². The van der Waals surface area contributed by atoms with Gasteiger partial charge in [0, 0.05) is 11.5 Å². The molecule has 1 nitrogen and oxygen atoms in total. The molecule has 138 valence electrons. The Labute approximate surface area is 152 Å². The highest BCUT2D eigenvalue weighted by Gasteiger charge is 2.23. The molecule has 0 saturated carbocycles. The van der Waals surface area contributed by atoms with Gasteiger partial charge in [-0.15, -0.1) is 0 Å². The molecule has 2 atom stereocenters. The van der Waals surface area contributed by atoms with Gasteiger partial charge in [-0.2, -0.15) is 0 Å². The largest absolute Gasteiger partial charge is 0.493 e. The summed E-state index contributed by atoms with van der Waals surface area (Å²) in [5.41, 5.74) is 1.25. The molecule has 3 rings (SSSR count). The smallest absolute Gasteiger partial charge is 0.270 e. The molecule has 2 aromatic carbocycles. The number of ether oxygens (including phenoxy) is 1. The summed E-state index contributed by atoms with van der Waals surface area (Å²) in [6, 6.07) is 10.4. The lowest BCUT2D eigenvalue weighted by Crippen LogP contribution is -2.05. The van der Waals surface area contributed by atoms with Gasteiger partial charge in [0.15, 0.2) is 0 Å². The third kappa shape index (κ3) is 3.79. The van der Waals surface area contributed by atoms with Crippen molar-refractivity contribution in [1.82, 2.24) is 0 Å². The zero-order valence-corrected chi connectivity index (χ0v) is 15.0. The first-order valence-electron chi connectivity index (χ1n) is 9.03. The summed E-state index contributed by atoms with van der Waals surface area (Å²) in [6.45, 7) is 4.09. The number of halogens is 3. The van der Waals surface area contributed by atoms with Gasteiger partial charge in [0.1, 0.15) is 11.6 Å². The van der Waals surface area contributed by atoms with Crippen molar-refractivity contribution in [2.75, 3.05) is 6.61 Å². The Bertz CT molecular complexity index is 781. The lowest BCUT2D eigenvalue weighted by molar-refractivity contribution is 0.140. The SMILES string of the molecule is CCOc1ccc(-c2ccc(C3C=CC(C)CC3)cc2)c(F)c1C(F)F. The zero-order valence-electron chi connectivity index (χ0n) is 15.0. The molecular weight excluding hydrogens is 337 g/mol. The second-order valence-corrected chi connectivity index (χ2v) is 6.74. The molecule has 1 aliphatic rings. The van der Waals surface area contributed by atoms with Crippen molar-refractivity contribution in [3.63, 3.8) is 0 Å². The molecule has 1 aliphatic carbocycles. The van der Waals surface area contributed by atoms with Crippen LogP contribution in [0.3, 0.4) is 0 Å². The number of hydrogen-bond acceptors (Lipinski definition) is 1. The van der Waals surface area contributed by atoms with E-state index in [2.05, 4.69) is 19.1 Å². The number of hydrogen-bond donors (Lipinski definition) is 0. The fourth-order valence-corrected chi connectivity index (χ4v) is 3.43. The molecule has 0 amide bonds. The maximum atomic E-state index is 14.7. The van der Waals surface area contributed by atoms with E-state index >= 15 is 0 Å². The summed E-state index contributed by atoms with van der Waals surface area (Å²) in [4.78, 5) is 0. The standard InChI is InChI=1S/C22H23F3O/c1-3-26-19-13-12-18(21(23)20(19)22(24)25)17-10-8-16(9-11-17)15-6-4-14(2)5-7-15/h4,6,8-15,22H,3,5,7H2,1-2H3. The van der Waals surface area contributed by atoms with E-state index in [1.165, 1.54) is 12.1 Å². The monoisotopic (exact) mass is 360 g/mol. The first-order chi connectivity index (χ1) is 12.5. The first-order valence-corrected chi connectivity index (χ1v) is 9.03. The highest BCUT2D eigenvalue weighted by Crippen LogP contribution is 2.38. The summed E-state index contributed by atoms with van der Waals surface area (Å²) in [5, 5.41) is 0. The average molecular weight is 360 g/mol. The van der Waals surface area contributed by atoms with Crippen LogP contribution >= 0.6 is 0 Å². The van der Waals surface area contributed by atoms with Gasteiger partial charge in [-0.05, 0) is 48.9 Å². The Morgan fingerprint density at radius 2 is 1.77 bits per heavy atom. The molecule has 2 unspecified atom stereocenters. The Morgan fingerprint density at radius 3 is 2.35 bits per heavy atom. The van der Waals surface area contributed by atoms with Crippen molar-refractivity contribution in [2.24, 2.45) is 5.92 Å². The van der Waals surface area contributed by atoms with Crippen LogP contribution in [0.5, 0.6) is 5.75 Å². The van der Waals surface area contributed by atoms with Gasteiger partial charge >= 0.3 is 0 Å². The topological polar surface area (TPSA) is 9.23 Å². The maximum Gasteiger partial charge on any atom is 0.270 e. The van der Waals surface area contributed by atoms with Gasteiger partial charge in [-0.3, -0.25) is 0 Å². The average Bonchev–Trinajstić information content (AvgIpc) is 2.63. The fourth-order valence-electron chi connectivity index (χ4n) is 3.43. The molecule has 0 N–H and O–H groups in total. The van der Waals surface area contributed by atoms with Crippen LogP contribution in [0.25, 0.3) is 11.1 Å². The predicted octanol–water partition coefficient (Wildman–Crippen LogP) is 6.90. The predicted molar refractivity (Wildman–Crippen MR) is 98.2 cm³/mol. The number of alkyl halides is 2. The van der Waals surface area contributed by atoms with Crippen LogP contribution in [0.2, 0.25) is 0 Å². The molecule has 0 bridgehead atoms. The summed E-state index contributed by atoms with van der Waals surface area (Å²) < 4.78 is 46.5. The molecule has 26 heavy (non-hydrogen) atoms. The summed E-state index contributed by atoms with van der Waals surface area (Å²) in [7, 11) is 0. The van der Waals surface area contributed by atoms with E-state index in [1.807, 2.05) is 12.1 Å². The quantitative estimate of drug-likeness (QED) is 0.527. The Kier molecular flexibility index (Phi) is 5.70. The van der Waals surface area contributed by atoms with Crippen LogP contribution < -0.4 is 4.74 Å². The molecular formula is C22H23F3O. The zero-order chi connectivity index (χ0) is 18.7. The lowest BCUT2D eigenvalue weighted by atomic mass is 9.85. The minimum absolute atomic E-state index is 0.0955. The number of allylic oxidation sites excluding steroid dienone is 2. The van der Waals surface area contributed by atoms with E-state index in [0.717, 1.165) is 18.4 Å². The molecule has 0 heterocycles. The van der Waals surface area contributed by atoms with Crippen molar-refractivity contribution in [1.29, 1.82) is 0 Å². The van der Waals surface area contributed by atoms with Gasteiger partial charge in [-0.25, -0.2) is 13.2 Å². The van der Waals surface area contributed by atoms with Crippen LogP contribution in [0, 0.1) is 11.7 Å². The normalized spacial score (nSPS) is 19.8. The van der Waals surface area contributed by atoms with E-state index in [4.69, 9.17) is 4.74 Å². The van der Waals surface area contributed by atoms with E-state index in [0.29, 0.717) is 17.4 Å². The van der Waals surface area contributed by atoms with Crippen molar-refractivity contribution in [3.8, 4) is 16.9 Å². The summed E-state index contributed by atoms with van der Waals surface area (Å²) in [6.07, 6.45) is 3.75. The Balaban J connectivity index is 1.92. The van der Waals surface area contributed by atoms with Crippen LogP contribution in [-0.4, -0.2) is 6.61 Å². The molecule has 0 spiro atoms. The first kappa shape index (κ1) is 18.6. The second kappa shape index (κ2) is 7.98. The molecule has 0 aromatic heterocycles. The van der Waals surface area contributed by atoms with E-state index < -0.39 is 17.8 Å². The van der Waals surface area contributed by atoms with Gasteiger partial charge in [0.05, 0.1) is 12.2 Å². The second-order valence-electron chi connectivity index (χ2n) is 6.74. The van der Waals surface area contributed by atoms with Crippen LogP contribution in [0.1, 0.15) is 50.2 Å². The minimum atomic E-state index is -2.93. The summed E-state index contributed by atoms with van der Waals surface area (Å²) >= 11 is 0. The third-order valence-corrected chi connectivity index (χ3v) is 4.91. The molecule has 0 aliphatic heterocycles. The molecule has 4 heteroatoms. The van der Waals surface area contributed by atoms with Gasteiger partial charge in [-0.1, -0.05) is 43.3 Å². The number of benzene rings is 2. The van der Waals surface area contributed by atoms with Gasteiger partial charge in [0.25, 0.3) is 6.43 Å². The molecule has 0 fully saturated rings. The molecule has 2 aromatic rings.